The maximum atomic E-state index is 13.1. The summed E-state index contributed by atoms with van der Waals surface area (Å²) >= 11 is 0. The molecule has 2 amide bonds. The molecule has 31 heavy (non-hydrogen) atoms. The van der Waals surface area contributed by atoms with Crippen molar-refractivity contribution in [2.24, 2.45) is 34.4 Å². The predicted molar refractivity (Wildman–Crippen MR) is 121 cm³/mol. The van der Waals surface area contributed by atoms with Crippen molar-refractivity contribution in [3.05, 3.63) is 29.8 Å². The molecule has 7 nitrogen and oxygen atoms in total. The first kappa shape index (κ1) is 23.1. The molecule has 1 aliphatic carbocycles. The summed E-state index contributed by atoms with van der Waals surface area (Å²) in [4.78, 5) is 28.4. The van der Waals surface area contributed by atoms with Crippen LogP contribution < -0.4 is 21.1 Å². The minimum absolute atomic E-state index is 0.0184. The number of nitrogens with zero attached hydrogens (tertiary/aromatic N) is 1. The number of ether oxygens (including phenoxy) is 1. The average molecular weight is 429 g/mol. The van der Waals surface area contributed by atoms with Gasteiger partial charge in [0.1, 0.15) is 5.75 Å². The molecule has 3 rings (SSSR count). The van der Waals surface area contributed by atoms with Crippen molar-refractivity contribution in [3.8, 4) is 5.75 Å². The molecule has 0 radical (unpaired) electrons. The first-order chi connectivity index (χ1) is 14.9. The van der Waals surface area contributed by atoms with Crippen LogP contribution in [0.5, 0.6) is 5.75 Å². The summed E-state index contributed by atoms with van der Waals surface area (Å²) in [6.07, 6.45) is 3.97. The quantitative estimate of drug-likeness (QED) is 0.319. The van der Waals surface area contributed by atoms with E-state index in [1.807, 2.05) is 24.3 Å². The van der Waals surface area contributed by atoms with Crippen LogP contribution in [0.2, 0.25) is 0 Å². The van der Waals surface area contributed by atoms with E-state index in [-0.39, 0.29) is 35.3 Å². The third-order valence-electron chi connectivity index (χ3n) is 7.31. The Bertz CT molecular complexity index is 821. The van der Waals surface area contributed by atoms with Crippen LogP contribution in [0.1, 0.15) is 65.0 Å². The van der Waals surface area contributed by atoms with Gasteiger partial charge in [-0.15, -0.1) is 0 Å². The van der Waals surface area contributed by atoms with Gasteiger partial charge in [0.05, 0.1) is 18.2 Å². The molecule has 2 aliphatic rings. The van der Waals surface area contributed by atoms with Gasteiger partial charge in [-0.3, -0.25) is 14.9 Å². The van der Waals surface area contributed by atoms with Gasteiger partial charge in [-0.25, -0.2) is 4.99 Å². The lowest BCUT2D eigenvalue weighted by atomic mass is 9.87. The zero-order valence-electron chi connectivity index (χ0n) is 19.1. The minimum Gasteiger partial charge on any atom is -0.493 e. The number of carbonyl (C=O) groups is 2. The zero-order chi connectivity index (χ0) is 22.6. The van der Waals surface area contributed by atoms with E-state index >= 15 is 0 Å². The molecule has 0 spiro atoms. The van der Waals surface area contributed by atoms with Crippen molar-refractivity contribution in [2.75, 3.05) is 6.61 Å². The highest BCUT2D eigenvalue weighted by Crippen LogP contribution is 2.51. The van der Waals surface area contributed by atoms with Crippen molar-refractivity contribution < 1.29 is 14.3 Å². The molecule has 0 bridgehead atoms. The third kappa shape index (κ3) is 5.02. The van der Waals surface area contributed by atoms with Gasteiger partial charge in [-0.1, -0.05) is 45.9 Å². The largest absolute Gasteiger partial charge is 0.493 e. The predicted octanol–water partition coefficient (Wildman–Crippen LogP) is 3.15. The van der Waals surface area contributed by atoms with Crippen LogP contribution in [0.4, 0.5) is 0 Å². The van der Waals surface area contributed by atoms with Crippen LogP contribution in [0.15, 0.2) is 29.3 Å². The van der Waals surface area contributed by atoms with E-state index in [4.69, 9.17) is 10.5 Å². The van der Waals surface area contributed by atoms with Crippen molar-refractivity contribution >= 4 is 18.3 Å². The number of benzene rings is 1. The highest BCUT2D eigenvalue weighted by Gasteiger charge is 2.52. The van der Waals surface area contributed by atoms with E-state index in [2.05, 4.69) is 43.3 Å². The summed E-state index contributed by atoms with van der Waals surface area (Å²) < 4.78 is 5.81. The molecule has 1 heterocycles. The van der Waals surface area contributed by atoms with Gasteiger partial charge in [-0.2, -0.15) is 0 Å². The van der Waals surface area contributed by atoms with E-state index in [1.54, 1.807) is 0 Å². The number of rotatable bonds is 9. The number of para-hydroxylation sites is 1. The smallest absolute Gasteiger partial charge is 0.224 e. The molecule has 3 unspecified atom stereocenters. The number of fused-ring (bicyclic) bond motifs is 1. The van der Waals surface area contributed by atoms with Crippen LogP contribution >= 0.6 is 0 Å². The number of guanidine groups is 1. The topological polar surface area (TPSA) is 106 Å². The maximum Gasteiger partial charge on any atom is 0.224 e. The summed E-state index contributed by atoms with van der Waals surface area (Å²) in [5.74, 6) is 2.11. The van der Waals surface area contributed by atoms with E-state index < -0.39 is 0 Å². The lowest BCUT2D eigenvalue weighted by molar-refractivity contribution is -0.124. The minimum atomic E-state index is -0.308. The van der Waals surface area contributed by atoms with E-state index in [0.29, 0.717) is 24.9 Å². The summed E-state index contributed by atoms with van der Waals surface area (Å²) in [5, 5.41) is 5.74. The Morgan fingerprint density at radius 3 is 2.68 bits per heavy atom. The van der Waals surface area contributed by atoms with Gasteiger partial charge < -0.3 is 15.8 Å². The molecule has 1 aliphatic heterocycles. The second-order valence-electron chi connectivity index (χ2n) is 9.09. The van der Waals surface area contributed by atoms with Crippen LogP contribution in [0.3, 0.4) is 0 Å². The Morgan fingerprint density at radius 1 is 1.29 bits per heavy atom. The molecule has 1 aromatic carbocycles. The number of hydrogen-bond acceptors (Lipinski definition) is 4. The highest BCUT2D eigenvalue weighted by atomic mass is 16.5. The second-order valence-corrected chi connectivity index (χ2v) is 9.09. The Labute approximate surface area is 185 Å². The van der Waals surface area contributed by atoms with Crippen molar-refractivity contribution in [3.63, 3.8) is 0 Å². The van der Waals surface area contributed by atoms with Crippen LogP contribution in [-0.2, 0) is 9.59 Å². The molecular weight excluding hydrogens is 392 g/mol. The molecule has 5 atom stereocenters. The number of nitrogens with two attached hydrogens (primary N) is 1. The zero-order valence-corrected chi connectivity index (χ0v) is 19.1. The fraction of sp³-hybridized carbons (Fsp3) is 0.625. The Morgan fingerprint density at radius 2 is 2.00 bits per heavy atom. The van der Waals surface area contributed by atoms with Gasteiger partial charge in [0.15, 0.2) is 5.96 Å². The van der Waals surface area contributed by atoms with Crippen molar-refractivity contribution in [1.82, 2.24) is 10.6 Å². The third-order valence-corrected chi connectivity index (χ3v) is 7.31. The fourth-order valence-electron chi connectivity index (χ4n) is 4.98. The Hall–Kier alpha value is -2.57. The monoisotopic (exact) mass is 428 g/mol. The number of hydrogen-bond donors (Lipinski definition) is 3. The summed E-state index contributed by atoms with van der Waals surface area (Å²) in [7, 11) is 0. The van der Waals surface area contributed by atoms with E-state index in [9.17, 15) is 9.59 Å². The highest BCUT2D eigenvalue weighted by molar-refractivity contribution is 5.87. The van der Waals surface area contributed by atoms with Gasteiger partial charge in [-0.05, 0) is 43.6 Å². The van der Waals surface area contributed by atoms with Gasteiger partial charge in [0.25, 0.3) is 0 Å². The molecular formula is C24H36N4O3. The SMILES string of the molecule is CCC(CC)(CCC1C(C)C1C(=O)N[C@@H]1c2ccccc2OC[C@@H]1C)N=C(N)NC=O. The number of carbonyl (C=O) groups excluding carboxylic acids is 2. The van der Waals surface area contributed by atoms with E-state index in [1.165, 1.54) is 0 Å². The maximum absolute atomic E-state index is 13.1. The summed E-state index contributed by atoms with van der Waals surface area (Å²) in [5.41, 5.74) is 6.59. The molecule has 4 N–H and O–H groups in total. The van der Waals surface area contributed by atoms with E-state index in [0.717, 1.165) is 37.0 Å². The van der Waals surface area contributed by atoms with Gasteiger partial charge in [0.2, 0.25) is 12.3 Å². The van der Waals surface area contributed by atoms with Crippen molar-refractivity contribution in [2.45, 2.75) is 65.0 Å². The lowest BCUT2D eigenvalue weighted by Crippen LogP contribution is -2.38. The number of amides is 2. The molecule has 170 valence electrons. The van der Waals surface area contributed by atoms with Crippen LogP contribution in [0.25, 0.3) is 0 Å². The van der Waals surface area contributed by atoms with Crippen molar-refractivity contribution in [1.29, 1.82) is 0 Å². The molecule has 0 saturated heterocycles. The van der Waals surface area contributed by atoms with Crippen LogP contribution in [-0.4, -0.2) is 30.4 Å². The lowest BCUT2D eigenvalue weighted by Gasteiger charge is -2.32. The fourth-order valence-corrected chi connectivity index (χ4v) is 4.98. The molecule has 1 fully saturated rings. The summed E-state index contributed by atoms with van der Waals surface area (Å²) in [6.45, 7) is 9.05. The van der Waals surface area contributed by atoms with Gasteiger partial charge >= 0.3 is 0 Å². The number of nitrogens with one attached hydrogen (secondary N) is 2. The second kappa shape index (κ2) is 9.71. The standard InChI is InChI=1S/C24H36N4O3/c1-5-24(6-2,28-23(25)26-14-29)12-11-17-16(4)20(17)22(30)27-21-15(3)13-31-19-10-8-7-9-18(19)21/h7-10,14-17,20-21H,5-6,11-13H2,1-4H3,(H,27,30)(H3,25,26,28,29)/t15-,16?,17?,20?,21-/m0/s1. The Kier molecular flexibility index (Phi) is 7.23. The number of aliphatic imine (C=N–C) groups is 1. The molecule has 1 saturated carbocycles. The average Bonchev–Trinajstić information content (AvgIpc) is 3.42. The molecule has 7 heteroatoms. The van der Waals surface area contributed by atoms with Gasteiger partial charge in [0, 0.05) is 17.4 Å². The molecule has 0 aromatic heterocycles. The molecule has 1 aromatic rings. The normalized spacial score (nSPS) is 27.6. The first-order valence-electron chi connectivity index (χ1n) is 11.4. The van der Waals surface area contributed by atoms with Crippen LogP contribution in [0, 0.1) is 23.7 Å². The first-order valence-corrected chi connectivity index (χ1v) is 11.4. The summed E-state index contributed by atoms with van der Waals surface area (Å²) in [6, 6.07) is 7.93. The Balaban J connectivity index is 1.62.